The maximum Gasteiger partial charge on any atom is 0.327 e. The molecule has 2 aliphatic carbocycles. The number of epoxide rings is 1. The van der Waals surface area contributed by atoms with Crippen LogP contribution in [0, 0.1) is 11.3 Å². The Morgan fingerprint density at radius 1 is 1.07 bits per heavy atom. The lowest BCUT2D eigenvalue weighted by atomic mass is 9.62. The van der Waals surface area contributed by atoms with Gasteiger partial charge in [0.2, 0.25) is 11.8 Å². The zero-order valence-corrected chi connectivity index (χ0v) is 23.3. The van der Waals surface area contributed by atoms with Gasteiger partial charge in [0, 0.05) is 25.9 Å². The number of rotatable bonds is 10. The Morgan fingerprint density at radius 3 is 2.79 bits per heavy atom. The van der Waals surface area contributed by atoms with E-state index in [9.17, 15) is 14.4 Å². The number of carbonyl (C=O) groups excluding carboxylic acids is 3. The first-order valence-corrected chi connectivity index (χ1v) is 14.9. The molecule has 6 fully saturated rings. The van der Waals surface area contributed by atoms with E-state index in [-0.39, 0.29) is 57.7 Å². The first-order valence-electron chi connectivity index (χ1n) is 14.9. The molecule has 7 rings (SSSR count). The Kier molecular flexibility index (Phi) is 7.53. The van der Waals surface area contributed by atoms with E-state index in [0.29, 0.717) is 18.1 Å². The van der Waals surface area contributed by atoms with Crippen molar-refractivity contribution in [1.29, 1.82) is 0 Å². The molecule has 6 aliphatic rings. The van der Waals surface area contributed by atoms with Crippen molar-refractivity contribution in [3.05, 3.63) is 41.5 Å². The number of nitrogens with zero attached hydrogens (tertiary/aromatic N) is 1. The summed E-state index contributed by atoms with van der Waals surface area (Å²) >= 11 is 0. The lowest BCUT2D eigenvalue weighted by Gasteiger charge is -2.48. The van der Waals surface area contributed by atoms with Crippen molar-refractivity contribution in [2.75, 3.05) is 26.5 Å². The number of allylic oxidation sites excluding steroid dienone is 1. The first kappa shape index (κ1) is 27.9. The Balaban J connectivity index is 1.12. The third-order valence-corrected chi connectivity index (χ3v) is 9.54. The highest BCUT2D eigenvalue weighted by molar-refractivity contribution is 5.93. The number of benzene rings is 1. The number of fused-ring (bicyclic) bond motifs is 5. The highest BCUT2D eigenvalue weighted by Crippen LogP contribution is 2.55. The first-order chi connectivity index (χ1) is 20.5. The number of carbonyl (C=O) groups is 3. The van der Waals surface area contributed by atoms with Crippen LogP contribution in [0.3, 0.4) is 0 Å². The van der Waals surface area contributed by atoms with Gasteiger partial charge in [0.25, 0.3) is 0 Å². The van der Waals surface area contributed by atoms with Crippen LogP contribution in [0.25, 0.3) is 6.08 Å². The number of aliphatic hydroxyl groups excluding tert-OH is 1. The molecule has 9 atom stereocenters. The fraction of sp³-hybridized carbons (Fsp3) is 0.633. The topological polar surface area (TPSA) is 148 Å². The number of hydrogen-bond acceptors (Lipinski definition) is 10. The summed E-state index contributed by atoms with van der Waals surface area (Å²) in [7, 11) is 0. The van der Waals surface area contributed by atoms with Crippen LogP contribution in [0.5, 0.6) is 0 Å². The van der Waals surface area contributed by atoms with E-state index in [2.05, 4.69) is 22.8 Å². The molecule has 12 heteroatoms. The van der Waals surface area contributed by atoms with Crippen LogP contribution in [-0.4, -0.2) is 97.1 Å². The van der Waals surface area contributed by atoms with E-state index in [1.54, 1.807) is 5.06 Å². The van der Waals surface area contributed by atoms with Gasteiger partial charge in [-0.05, 0) is 36.3 Å². The van der Waals surface area contributed by atoms with Crippen LogP contribution < -0.4 is 10.6 Å². The summed E-state index contributed by atoms with van der Waals surface area (Å²) in [5, 5.41) is 16.0. The molecule has 3 N–H and O–H groups in total. The smallest absolute Gasteiger partial charge is 0.327 e. The van der Waals surface area contributed by atoms with Gasteiger partial charge in [-0.15, -0.1) is 0 Å². The van der Waals surface area contributed by atoms with Gasteiger partial charge >= 0.3 is 5.97 Å². The minimum atomic E-state index is -1.27. The number of ether oxygens (including phenoxy) is 4. The second-order valence-electron chi connectivity index (χ2n) is 12.0. The third kappa shape index (κ3) is 4.93. The van der Waals surface area contributed by atoms with E-state index in [4.69, 9.17) is 28.9 Å². The minimum Gasteiger partial charge on any atom is -0.458 e. The molecule has 4 aliphatic heterocycles. The second-order valence-corrected chi connectivity index (χ2v) is 12.0. The Labute approximate surface area is 243 Å². The largest absolute Gasteiger partial charge is 0.458 e. The molecule has 4 heterocycles. The molecule has 12 nitrogen and oxygen atoms in total. The van der Waals surface area contributed by atoms with Crippen molar-refractivity contribution < 1.29 is 43.3 Å². The zero-order valence-electron chi connectivity index (χ0n) is 23.3. The number of hydroxylamine groups is 2. The molecular weight excluding hydrogens is 546 g/mol. The van der Waals surface area contributed by atoms with Gasteiger partial charge in [-0.2, -0.15) is 5.06 Å². The third-order valence-electron chi connectivity index (χ3n) is 9.54. The normalized spacial score (nSPS) is 38.1. The SMILES string of the molecule is O=C(CCNC(=O)C12CC3OC(=O)C1N(Cc1ccccc1C=CC1CCC4OC4C1)OC2C1OCOC31)NCCO. The lowest BCUT2D eigenvalue weighted by Crippen LogP contribution is -2.69. The molecule has 9 unspecified atom stereocenters. The summed E-state index contributed by atoms with van der Waals surface area (Å²) < 4.78 is 23.2. The van der Waals surface area contributed by atoms with Crippen molar-refractivity contribution >= 4 is 23.9 Å². The predicted molar refractivity (Wildman–Crippen MR) is 145 cm³/mol. The van der Waals surface area contributed by atoms with Gasteiger partial charge in [-0.3, -0.25) is 19.2 Å². The Hall–Kier alpha value is -2.87. The van der Waals surface area contributed by atoms with Crippen molar-refractivity contribution in [3.63, 3.8) is 0 Å². The molecule has 2 bridgehead atoms. The fourth-order valence-corrected chi connectivity index (χ4v) is 7.43. The van der Waals surface area contributed by atoms with Gasteiger partial charge < -0.3 is 34.7 Å². The van der Waals surface area contributed by atoms with E-state index in [1.807, 2.05) is 24.3 Å². The van der Waals surface area contributed by atoms with Crippen LogP contribution >= 0.6 is 0 Å². The molecule has 1 aromatic carbocycles. The molecule has 226 valence electrons. The summed E-state index contributed by atoms with van der Waals surface area (Å²) in [5.74, 6) is -0.737. The fourth-order valence-electron chi connectivity index (χ4n) is 7.43. The molecule has 4 saturated heterocycles. The monoisotopic (exact) mass is 583 g/mol. The molecule has 0 spiro atoms. The van der Waals surface area contributed by atoms with Crippen molar-refractivity contribution in [3.8, 4) is 0 Å². The Bertz CT molecular complexity index is 1260. The van der Waals surface area contributed by atoms with Crippen molar-refractivity contribution in [1.82, 2.24) is 15.7 Å². The zero-order chi connectivity index (χ0) is 28.8. The van der Waals surface area contributed by atoms with Crippen LogP contribution in [-0.2, 0) is 44.7 Å². The van der Waals surface area contributed by atoms with Gasteiger partial charge in [-0.25, -0.2) is 0 Å². The van der Waals surface area contributed by atoms with E-state index in [0.717, 1.165) is 30.4 Å². The van der Waals surface area contributed by atoms with E-state index in [1.165, 1.54) is 0 Å². The molecular formula is C30H37N3O9. The Morgan fingerprint density at radius 2 is 1.93 bits per heavy atom. The average molecular weight is 584 g/mol. The van der Waals surface area contributed by atoms with Gasteiger partial charge in [0.1, 0.15) is 36.6 Å². The molecule has 1 aromatic rings. The molecule has 0 aromatic heterocycles. The van der Waals surface area contributed by atoms with Gasteiger partial charge in [-0.1, -0.05) is 36.4 Å². The summed E-state index contributed by atoms with van der Waals surface area (Å²) in [4.78, 5) is 46.1. The maximum absolute atomic E-state index is 14.0. The molecule has 42 heavy (non-hydrogen) atoms. The summed E-state index contributed by atoms with van der Waals surface area (Å²) in [5.41, 5.74) is 0.696. The van der Waals surface area contributed by atoms with Crippen molar-refractivity contribution in [2.45, 2.75) is 81.3 Å². The molecule has 0 radical (unpaired) electrons. The number of nitrogens with one attached hydrogen (secondary N) is 2. The van der Waals surface area contributed by atoms with Gasteiger partial charge in [0.15, 0.2) is 6.04 Å². The predicted octanol–water partition coefficient (Wildman–Crippen LogP) is 0.424. The minimum absolute atomic E-state index is 0.0259. The van der Waals surface area contributed by atoms with Crippen LogP contribution in [0.15, 0.2) is 30.3 Å². The van der Waals surface area contributed by atoms with Crippen LogP contribution in [0.1, 0.15) is 43.2 Å². The summed E-state index contributed by atoms with van der Waals surface area (Å²) in [6, 6.07) is 6.97. The second kappa shape index (κ2) is 11.3. The average Bonchev–Trinajstić information content (AvgIpc) is 3.42. The lowest BCUT2D eigenvalue weighted by molar-refractivity contribution is -0.201. The van der Waals surface area contributed by atoms with Crippen molar-refractivity contribution in [2.24, 2.45) is 11.3 Å². The van der Waals surface area contributed by atoms with E-state index < -0.39 is 41.8 Å². The number of hydrogen-bond donors (Lipinski definition) is 3. The summed E-state index contributed by atoms with van der Waals surface area (Å²) in [6.07, 6.45) is 6.24. The van der Waals surface area contributed by atoms with Crippen LogP contribution in [0.4, 0.5) is 0 Å². The number of amides is 2. The van der Waals surface area contributed by atoms with E-state index >= 15 is 0 Å². The number of esters is 1. The summed E-state index contributed by atoms with van der Waals surface area (Å²) in [6.45, 7) is 0.338. The highest BCUT2D eigenvalue weighted by atomic mass is 16.8. The molecule has 2 saturated carbocycles. The molecule has 2 amide bonds. The van der Waals surface area contributed by atoms with Gasteiger partial charge in [0.05, 0.1) is 25.4 Å². The standard InChI is InChI=1S/C30H37N3O9/c34-12-11-31-23(35)9-10-32-29(37)30-14-22-24-25(39-16-38-24)27(30)42-33(26(30)28(36)41-22)15-19-4-2-1-3-18(19)7-5-17-6-8-20-21(13-17)40-20/h1-5,7,17,20-22,24-27,34H,6,8-16H2,(H,31,35)(H,32,37). The number of aliphatic hydroxyl groups is 1. The van der Waals surface area contributed by atoms with Crippen LogP contribution in [0.2, 0.25) is 0 Å². The highest BCUT2D eigenvalue weighted by Gasteiger charge is 2.74. The maximum atomic E-state index is 14.0. The quantitative estimate of drug-likeness (QED) is 0.262.